The second kappa shape index (κ2) is 5.18. The van der Waals surface area contributed by atoms with Crippen molar-refractivity contribution < 1.29 is 9.66 Å². The van der Waals surface area contributed by atoms with Gasteiger partial charge >= 0.3 is 0 Å². The van der Waals surface area contributed by atoms with E-state index in [-0.39, 0.29) is 5.69 Å². The Bertz CT molecular complexity index is 488. The first-order valence-electron chi connectivity index (χ1n) is 5.50. The molecule has 0 amide bonds. The first-order chi connectivity index (χ1) is 8.60. The summed E-state index contributed by atoms with van der Waals surface area (Å²) < 4.78 is 5.10. The average Bonchev–Trinajstić information content (AvgIpc) is 3.13. The van der Waals surface area contributed by atoms with Gasteiger partial charge in [0.25, 0.3) is 5.69 Å². The van der Waals surface area contributed by atoms with Crippen LogP contribution in [0.5, 0.6) is 5.75 Å². The lowest BCUT2D eigenvalue weighted by atomic mass is 10.2. The fourth-order valence-corrected chi connectivity index (χ4v) is 1.74. The van der Waals surface area contributed by atoms with E-state index in [1.807, 2.05) is 0 Å². The summed E-state index contributed by atoms with van der Waals surface area (Å²) in [6, 6.07) is 4.80. The minimum absolute atomic E-state index is 0.0153. The molecule has 96 valence electrons. The highest BCUT2D eigenvalue weighted by molar-refractivity contribution is 7.80. The van der Waals surface area contributed by atoms with Crippen molar-refractivity contribution in [3.63, 3.8) is 0 Å². The van der Waals surface area contributed by atoms with Gasteiger partial charge in [0.1, 0.15) is 5.75 Å². The molecule has 1 aliphatic carbocycles. The van der Waals surface area contributed by atoms with Gasteiger partial charge in [-0.3, -0.25) is 10.1 Å². The number of anilines is 1. The van der Waals surface area contributed by atoms with Crippen LogP contribution in [0, 0.1) is 10.1 Å². The molecule has 1 aromatic rings. The number of ether oxygens (including phenoxy) is 1. The number of thiocarbonyl (C=S) groups is 1. The molecule has 7 heteroatoms. The maximum Gasteiger partial charge on any atom is 0.273 e. The van der Waals surface area contributed by atoms with Crippen LogP contribution < -0.4 is 15.4 Å². The first-order valence-corrected chi connectivity index (χ1v) is 5.91. The van der Waals surface area contributed by atoms with Gasteiger partial charge in [-0.15, -0.1) is 0 Å². The molecule has 2 rings (SSSR count). The summed E-state index contributed by atoms with van der Waals surface area (Å²) in [7, 11) is 1.46. The number of nitro benzene ring substituents is 1. The highest BCUT2D eigenvalue weighted by Gasteiger charge is 2.22. The van der Waals surface area contributed by atoms with Crippen molar-refractivity contribution in [1.29, 1.82) is 0 Å². The number of nitrogens with zero attached hydrogens (tertiary/aromatic N) is 1. The molecular formula is C11H13N3O3S. The molecular weight excluding hydrogens is 254 g/mol. The zero-order valence-electron chi connectivity index (χ0n) is 9.80. The van der Waals surface area contributed by atoms with Crippen molar-refractivity contribution in [3.05, 3.63) is 28.3 Å². The minimum atomic E-state index is -0.465. The van der Waals surface area contributed by atoms with Crippen molar-refractivity contribution >= 4 is 28.7 Å². The maximum atomic E-state index is 10.6. The lowest BCUT2D eigenvalue weighted by molar-refractivity contribution is -0.384. The smallest absolute Gasteiger partial charge is 0.273 e. The van der Waals surface area contributed by atoms with E-state index in [4.69, 9.17) is 17.0 Å². The SMILES string of the molecule is COc1cc([N+](=O)[O-])ccc1NC(=S)NC1CC1. The third-order valence-electron chi connectivity index (χ3n) is 2.56. The normalized spacial score (nSPS) is 13.8. The van der Waals surface area contributed by atoms with Gasteiger partial charge in [0, 0.05) is 12.1 Å². The van der Waals surface area contributed by atoms with Crippen molar-refractivity contribution in [2.45, 2.75) is 18.9 Å². The number of hydrogen-bond donors (Lipinski definition) is 2. The molecule has 6 nitrogen and oxygen atoms in total. The molecule has 0 unspecified atom stereocenters. The number of hydrogen-bond acceptors (Lipinski definition) is 4. The number of nitrogens with one attached hydrogen (secondary N) is 2. The molecule has 2 N–H and O–H groups in total. The Morgan fingerprint density at radius 3 is 2.83 bits per heavy atom. The molecule has 1 aliphatic rings. The highest BCUT2D eigenvalue weighted by Crippen LogP contribution is 2.29. The summed E-state index contributed by atoms with van der Waals surface area (Å²) in [5.41, 5.74) is 0.597. The van der Waals surface area contributed by atoms with E-state index in [1.54, 1.807) is 6.07 Å². The van der Waals surface area contributed by atoms with E-state index in [1.165, 1.54) is 19.2 Å². The van der Waals surface area contributed by atoms with Crippen LogP contribution in [0.4, 0.5) is 11.4 Å². The van der Waals surface area contributed by atoms with E-state index in [9.17, 15) is 10.1 Å². The molecule has 0 bridgehead atoms. The number of nitro groups is 1. The summed E-state index contributed by atoms with van der Waals surface area (Å²) in [5, 5.41) is 17.2. The summed E-state index contributed by atoms with van der Waals surface area (Å²) in [5.74, 6) is 0.393. The minimum Gasteiger partial charge on any atom is -0.494 e. The van der Waals surface area contributed by atoms with Gasteiger partial charge in [-0.05, 0) is 31.1 Å². The predicted molar refractivity (Wildman–Crippen MR) is 72.0 cm³/mol. The Morgan fingerprint density at radius 2 is 2.28 bits per heavy atom. The lowest BCUT2D eigenvalue weighted by Crippen LogP contribution is -2.30. The number of rotatable bonds is 4. The van der Waals surface area contributed by atoms with Crippen LogP contribution in [-0.4, -0.2) is 23.2 Å². The third-order valence-corrected chi connectivity index (χ3v) is 2.78. The largest absolute Gasteiger partial charge is 0.494 e. The van der Waals surface area contributed by atoms with Crippen LogP contribution in [0.25, 0.3) is 0 Å². The first kappa shape index (κ1) is 12.6. The number of methoxy groups -OCH3 is 1. The summed E-state index contributed by atoms with van der Waals surface area (Å²) in [6.07, 6.45) is 2.25. The van der Waals surface area contributed by atoms with Crippen LogP contribution >= 0.6 is 12.2 Å². The van der Waals surface area contributed by atoms with Gasteiger partial charge in [0.15, 0.2) is 5.11 Å². The van der Waals surface area contributed by atoms with Crippen LogP contribution in [0.2, 0.25) is 0 Å². The van der Waals surface area contributed by atoms with Crippen LogP contribution in [-0.2, 0) is 0 Å². The number of benzene rings is 1. The van der Waals surface area contributed by atoms with Crippen molar-refractivity contribution in [2.75, 3.05) is 12.4 Å². The van der Waals surface area contributed by atoms with Gasteiger partial charge in [0.05, 0.1) is 23.8 Å². The third kappa shape index (κ3) is 3.07. The zero-order chi connectivity index (χ0) is 13.1. The zero-order valence-corrected chi connectivity index (χ0v) is 10.6. The second-order valence-corrected chi connectivity index (χ2v) is 4.42. The van der Waals surface area contributed by atoms with E-state index in [0.29, 0.717) is 22.6 Å². The maximum absolute atomic E-state index is 10.6. The van der Waals surface area contributed by atoms with Gasteiger partial charge in [0.2, 0.25) is 0 Å². The van der Waals surface area contributed by atoms with Crippen LogP contribution in [0.15, 0.2) is 18.2 Å². The summed E-state index contributed by atoms with van der Waals surface area (Å²) in [6.45, 7) is 0. The second-order valence-electron chi connectivity index (χ2n) is 4.01. The molecule has 0 aromatic heterocycles. The fraction of sp³-hybridized carbons (Fsp3) is 0.364. The Balaban J connectivity index is 2.10. The molecule has 0 atom stereocenters. The highest BCUT2D eigenvalue weighted by atomic mass is 32.1. The number of non-ortho nitro benzene ring substituents is 1. The summed E-state index contributed by atoms with van der Waals surface area (Å²) >= 11 is 5.13. The fourth-order valence-electron chi connectivity index (χ4n) is 1.47. The Kier molecular flexibility index (Phi) is 3.61. The quantitative estimate of drug-likeness (QED) is 0.494. The van der Waals surface area contributed by atoms with E-state index in [0.717, 1.165) is 12.8 Å². The molecule has 1 saturated carbocycles. The molecule has 0 spiro atoms. The Labute approximate surface area is 109 Å². The van der Waals surface area contributed by atoms with Crippen molar-refractivity contribution in [2.24, 2.45) is 0 Å². The molecule has 0 radical (unpaired) electrons. The van der Waals surface area contributed by atoms with E-state index in [2.05, 4.69) is 10.6 Å². The molecule has 0 heterocycles. The van der Waals surface area contributed by atoms with Crippen molar-refractivity contribution in [3.8, 4) is 5.75 Å². The van der Waals surface area contributed by atoms with Gasteiger partial charge < -0.3 is 15.4 Å². The van der Waals surface area contributed by atoms with Crippen LogP contribution in [0.3, 0.4) is 0 Å². The topological polar surface area (TPSA) is 76.4 Å². The Hall–Kier alpha value is -1.89. The standard InChI is InChI=1S/C11H13N3O3S/c1-17-10-6-8(14(15)16)4-5-9(10)13-11(18)12-7-2-3-7/h4-7H,2-3H2,1H3,(H2,12,13,18). The monoisotopic (exact) mass is 267 g/mol. The van der Waals surface area contributed by atoms with Crippen molar-refractivity contribution in [1.82, 2.24) is 5.32 Å². The molecule has 0 aliphatic heterocycles. The molecule has 1 aromatic carbocycles. The van der Waals surface area contributed by atoms with Gasteiger partial charge in [-0.25, -0.2) is 0 Å². The average molecular weight is 267 g/mol. The van der Waals surface area contributed by atoms with E-state index >= 15 is 0 Å². The molecule has 0 saturated heterocycles. The van der Waals surface area contributed by atoms with Gasteiger partial charge in [-0.1, -0.05) is 0 Å². The Morgan fingerprint density at radius 1 is 1.56 bits per heavy atom. The molecule has 1 fully saturated rings. The summed E-state index contributed by atoms with van der Waals surface area (Å²) in [4.78, 5) is 10.2. The lowest BCUT2D eigenvalue weighted by Gasteiger charge is -2.12. The van der Waals surface area contributed by atoms with E-state index < -0.39 is 4.92 Å². The van der Waals surface area contributed by atoms with Crippen LogP contribution in [0.1, 0.15) is 12.8 Å². The van der Waals surface area contributed by atoms with Gasteiger partial charge in [-0.2, -0.15) is 0 Å². The molecule has 18 heavy (non-hydrogen) atoms. The predicted octanol–water partition coefficient (Wildman–Crippen LogP) is 2.05.